The van der Waals surface area contributed by atoms with E-state index in [1.807, 2.05) is 0 Å². The highest BCUT2D eigenvalue weighted by atomic mass is 16.5. The molecule has 0 amide bonds. The van der Waals surface area contributed by atoms with Crippen LogP contribution in [0.4, 0.5) is 0 Å². The van der Waals surface area contributed by atoms with Gasteiger partial charge in [-0.15, -0.1) is 0 Å². The summed E-state index contributed by atoms with van der Waals surface area (Å²) < 4.78 is 6.28. The summed E-state index contributed by atoms with van der Waals surface area (Å²) >= 11 is 0. The Morgan fingerprint density at radius 3 is 2.35 bits per heavy atom. The van der Waals surface area contributed by atoms with Crippen molar-refractivity contribution in [3.8, 4) is 0 Å². The van der Waals surface area contributed by atoms with Crippen LogP contribution in [-0.2, 0) is 9.53 Å². The highest BCUT2D eigenvalue weighted by Crippen LogP contribution is 2.39. The molecule has 0 N–H and O–H groups in total. The zero-order valence-corrected chi connectivity index (χ0v) is 10.7. The summed E-state index contributed by atoms with van der Waals surface area (Å²) in [5, 5.41) is 0. The molecule has 17 heavy (non-hydrogen) atoms. The van der Waals surface area contributed by atoms with E-state index in [1.54, 1.807) is 0 Å². The normalized spacial score (nSPS) is 40.0. The van der Waals surface area contributed by atoms with Crippen LogP contribution in [0.25, 0.3) is 0 Å². The quantitative estimate of drug-likeness (QED) is 0.696. The van der Waals surface area contributed by atoms with Crippen molar-refractivity contribution in [3.05, 3.63) is 0 Å². The molecule has 3 rings (SSSR count). The summed E-state index contributed by atoms with van der Waals surface area (Å²) in [7, 11) is 0. The first-order valence-corrected chi connectivity index (χ1v) is 7.53. The van der Waals surface area contributed by atoms with Gasteiger partial charge in [0.25, 0.3) is 0 Å². The maximum atomic E-state index is 12.2. The maximum absolute atomic E-state index is 12.2. The van der Waals surface area contributed by atoms with Crippen molar-refractivity contribution in [2.75, 3.05) is 0 Å². The van der Waals surface area contributed by atoms with Gasteiger partial charge in [0.15, 0.2) is 0 Å². The number of ketones is 1. The average Bonchev–Trinajstić information content (AvgIpc) is 2.40. The largest absolute Gasteiger partial charge is 0.373 e. The summed E-state index contributed by atoms with van der Waals surface area (Å²) in [6.07, 6.45) is 12.6. The Morgan fingerprint density at radius 1 is 0.824 bits per heavy atom. The molecule has 1 heterocycles. The van der Waals surface area contributed by atoms with Crippen LogP contribution in [0.15, 0.2) is 0 Å². The number of hydrogen-bond donors (Lipinski definition) is 0. The number of carbonyl (C=O) groups excluding carboxylic acids is 1. The lowest BCUT2D eigenvalue weighted by Crippen LogP contribution is -2.46. The van der Waals surface area contributed by atoms with Gasteiger partial charge in [0.2, 0.25) is 0 Å². The molecule has 1 aliphatic heterocycles. The molecule has 2 saturated carbocycles. The average molecular weight is 236 g/mol. The molecule has 0 bridgehead atoms. The predicted molar refractivity (Wildman–Crippen MR) is 66.8 cm³/mol. The van der Waals surface area contributed by atoms with Crippen molar-refractivity contribution in [1.29, 1.82) is 0 Å². The van der Waals surface area contributed by atoms with Gasteiger partial charge < -0.3 is 4.74 Å². The highest BCUT2D eigenvalue weighted by molar-refractivity contribution is 5.82. The van der Waals surface area contributed by atoms with Crippen molar-refractivity contribution in [2.24, 2.45) is 11.8 Å². The molecule has 2 heteroatoms. The van der Waals surface area contributed by atoms with E-state index in [9.17, 15) is 4.79 Å². The Kier molecular flexibility index (Phi) is 3.51. The first-order chi connectivity index (χ1) is 8.34. The van der Waals surface area contributed by atoms with Crippen LogP contribution in [0, 0.1) is 11.8 Å². The zero-order chi connectivity index (χ0) is 11.7. The lowest BCUT2D eigenvalue weighted by molar-refractivity contribution is -0.158. The number of fused-ring (bicyclic) bond motifs is 1. The number of ether oxygens (including phenoxy) is 1. The Bertz CT molecular complexity index is 281. The predicted octanol–water partition coefficient (Wildman–Crippen LogP) is 3.48. The van der Waals surface area contributed by atoms with Gasteiger partial charge in [0.1, 0.15) is 5.78 Å². The number of Topliss-reactive ketones (excluding diaryl/α,β-unsaturated/α-hetero) is 1. The monoisotopic (exact) mass is 236 g/mol. The highest BCUT2D eigenvalue weighted by Gasteiger charge is 2.41. The smallest absolute Gasteiger partial charge is 0.141 e. The van der Waals surface area contributed by atoms with Crippen molar-refractivity contribution in [1.82, 2.24) is 0 Å². The minimum atomic E-state index is 0.253. The molecule has 3 unspecified atom stereocenters. The Hall–Kier alpha value is -0.370. The Morgan fingerprint density at radius 2 is 1.53 bits per heavy atom. The lowest BCUT2D eigenvalue weighted by atomic mass is 9.76. The fraction of sp³-hybridized carbons (Fsp3) is 0.933. The topological polar surface area (TPSA) is 26.3 Å². The summed E-state index contributed by atoms with van der Waals surface area (Å²) in [6.45, 7) is 0. The second kappa shape index (κ2) is 5.09. The van der Waals surface area contributed by atoms with Gasteiger partial charge in [0.05, 0.1) is 12.2 Å². The number of carbonyl (C=O) groups is 1. The second-order valence-corrected chi connectivity index (χ2v) is 6.17. The molecule has 0 aromatic heterocycles. The molecule has 2 nitrogen and oxygen atoms in total. The third-order valence-electron chi connectivity index (χ3n) is 5.04. The van der Waals surface area contributed by atoms with Gasteiger partial charge in [-0.05, 0) is 31.6 Å². The standard InChI is InChI=1S/C15H24O2/c16-13-10-15(11-6-2-1-3-7-11)17-14-9-5-4-8-12(13)14/h11-12,14-15H,1-10H2. The first kappa shape index (κ1) is 11.7. The van der Waals surface area contributed by atoms with E-state index >= 15 is 0 Å². The van der Waals surface area contributed by atoms with Gasteiger partial charge in [-0.25, -0.2) is 0 Å². The third-order valence-corrected chi connectivity index (χ3v) is 5.04. The Balaban J connectivity index is 1.65. The van der Waals surface area contributed by atoms with E-state index in [0.717, 1.165) is 12.8 Å². The fourth-order valence-corrected chi connectivity index (χ4v) is 4.03. The summed E-state index contributed by atoms with van der Waals surface area (Å²) in [6, 6.07) is 0. The molecular formula is C15H24O2. The van der Waals surface area contributed by atoms with Gasteiger partial charge in [-0.1, -0.05) is 32.1 Å². The van der Waals surface area contributed by atoms with Crippen molar-refractivity contribution in [3.63, 3.8) is 0 Å². The molecular weight excluding hydrogens is 212 g/mol. The summed E-state index contributed by atoms with van der Waals surface area (Å²) in [5.41, 5.74) is 0. The lowest BCUT2D eigenvalue weighted by Gasteiger charge is -2.42. The van der Waals surface area contributed by atoms with E-state index in [4.69, 9.17) is 4.74 Å². The van der Waals surface area contributed by atoms with Gasteiger partial charge in [-0.2, -0.15) is 0 Å². The van der Waals surface area contributed by atoms with E-state index < -0.39 is 0 Å². The third kappa shape index (κ3) is 2.42. The Labute approximate surface area is 104 Å². The van der Waals surface area contributed by atoms with E-state index in [-0.39, 0.29) is 18.1 Å². The first-order valence-electron chi connectivity index (χ1n) is 7.53. The number of rotatable bonds is 1. The molecule has 3 fully saturated rings. The van der Waals surface area contributed by atoms with Gasteiger partial charge in [-0.3, -0.25) is 4.79 Å². The molecule has 0 radical (unpaired) electrons. The van der Waals surface area contributed by atoms with Crippen LogP contribution in [0.3, 0.4) is 0 Å². The maximum Gasteiger partial charge on any atom is 0.141 e. The minimum absolute atomic E-state index is 0.253. The van der Waals surface area contributed by atoms with Gasteiger partial charge in [0, 0.05) is 12.3 Å². The SMILES string of the molecule is O=C1CC(C2CCCCC2)OC2CCCCC12. The molecule has 0 aromatic rings. The molecule has 3 aliphatic rings. The fourth-order valence-electron chi connectivity index (χ4n) is 4.03. The molecule has 1 saturated heterocycles. The van der Waals surface area contributed by atoms with Crippen LogP contribution in [-0.4, -0.2) is 18.0 Å². The van der Waals surface area contributed by atoms with E-state index in [2.05, 4.69) is 0 Å². The number of hydrogen-bond acceptors (Lipinski definition) is 2. The van der Waals surface area contributed by atoms with Crippen LogP contribution >= 0.6 is 0 Å². The molecule has 0 spiro atoms. The summed E-state index contributed by atoms with van der Waals surface area (Å²) in [5.74, 6) is 1.44. The molecule has 96 valence electrons. The minimum Gasteiger partial charge on any atom is -0.373 e. The summed E-state index contributed by atoms with van der Waals surface area (Å²) in [4.78, 5) is 12.2. The van der Waals surface area contributed by atoms with Gasteiger partial charge >= 0.3 is 0 Å². The van der Waals surface area contributed by atoms with Crippen molar-refractivity contribution >= 4 is 5.78 Å². The molecule has 2 aliphatic carbocycles. The zero-order valence-electron chi connectivity index (χ0n) is 10.7. The van der Waals surface area contributed by atoms with Crippen LogP contribution in [0.1, 0.15) is 64.2 Å². The van der Waals surface area contributed by atoms with Crippen LogP contribution < -0.4 is 0 Å². The molecule has 0 aromatic carbocycles. The van der Waals surface area contributed by atoms with Crippen LogP contribution in [0.5, 0.6) is 0 Å². The van der Waals surface area contributed by atoms with E-state index in [1.165, 1.54) is 44.9 Å². The van der Waals surface area contributed by atoms with E-state index in [0.29, 0.717) is 18.1 Å². The molecule has 3 atom stereocenters. The second-order valence-electron chi connectivity index (χ2n) is 6.17. The van der Waals surface area contributed by atoms with Crippen molar-refractivity contribution < 1.29 is 9.53 Å². The van der Waals surface area contributed by atoms with Crippen molar-refractivity contribution in [2.45, 2.75) is 76.4 Å². The van der Waals surface area contributed by atoms with Crippen LogP contribution in [0.2, 0.25) is 0 Å².